The van der Waals surface area contributed by atoms with Gasteiger partial charge < -0.3 is 10.3 Å². The molecule has 3 aromatic rings. The molecule has 0 radical (unpaired) electrons. The van der Waals surface area contributed by atoms with Crippen molar-refractivity contribution in [3.8, 4) is 17.2 Å². The number of hydrogen-bond donors (Lipinski definition) is 1. The number of benzene rings is 2. The van der Waals surface area contributed by atoms with Crippen molar-refractivity contribution in [1.29, 1.82) is 5.26 Å². The van der Waals surface area contributed by atoms with E-state index in [1.807, 2.05) is 25.1 Å². The van der Waals surface area contributed by atoms with Crippen LogP contribution in [0.15, 0.2) is 48.5 Å². The minimum absolute atomic E-state index is 0.225. The van der Waals surface area contributed by atoms with E-state index in [2.05, 4.69) is 17.6 Å². The number of amides is 1. The number of halogens is 1. The molecule has 0 spiro atoms. The maximum absolute atomic E-state index is 14.1. The lowest BCUT2D eigenvalue weighted by atomic mass is 9.97. The Bertz CT molecular complexity index is 1070. The van der Waals surface area contributed by atoms with Crippen LogP contribution in [0.1, 0.15) is 46.2 Å². The first-order chi connectivity index (χ1) is 14.0. The van der Waals surface area contributed by atoms with Crippen LogP contribution in [0, 0.1) is 24.1 Å². The minimum atomic E-state index is -0.483. The minimum Gasteiger partial charge on any atom is -0.366 e. The fourth-order valence-electron chi connectivity index (χ4n) is 3.85. The van der Waals surface area contributed by atoms with Gasteiger partial charge in [-0.05, 0) is 49.1 Å². The highest BCUT2D eigenvalue weighted by molar-refractivity contribution is 6.02. The lowest BCUT2D eigenvalue weighted by molar-refractivity contribution is 0.1000. The Morgan fingerprint density at radius 2 is 1.83 bits per heavy atom. The summed E-state index contributed by atoms with van der Waals surface area (Å²) in [7, 11) is 0. The average Bonchev–Trinajstić information content (AvgIpc) is 2.99. The molecule has 2 N–H and O–H groups in total. The van der Waals surface area contributed by atoms with Crippen LogP contribution in [0.2, 0.25) is 0 Å². The lowest BCUT2D eigenvalue weighted by Crippen LogP contribution is -2.14. The Balaban J connectivity index is 2.11. The summed E-state index contributed by atoms with van der Waals surface area (Å²) in [5.41, 5.74) is 10.9. The van der Waals surface area contributed by atoms with Gasteiger partial charge in [0.15, 0.2) is 0 Å². The Labute approximate surface area is 170 Å². The number of aromatic nitrogens is 1. The Morgan fingerprint density at radius 1 is 1.14 bits per heavy atom. The van der Waals surface area contributed by atoms with E-state index in [-0.39, 0.29) is 5.82 Å². The molecular formula is C24H24FN3O. The first-order valence-corrected chi connectivity index (χ1v) is 9.73. The molecule has 5 heteroatoms. The molecule has 2 aromatic carbocycles. The van der Waals surface area contributed by atoms with Crippen molar-refractivity contribution in [1.82, 2.24) is 4.57 Å². The zero-order valence-electron chi connectivity index (χ0n) is 16.7. The van der Waals surface area contributed by atoms with Crippen LogP contribution >= 0.6 is 0 Å². The second-order valence-electron chi connectivity index (χ2n) is 7.08. The third-order valence-corrected chi connectivity index (χ3v) is 5.23. The largest absolute Gasteiger partial charge is 0.366 e. The van der Waals surface area contributed by atoms with Gasteiger partial charge >= 0.3 is 0 Å². The van der Waals surface area contributed by atoms with Crippen LogP contribution in [-0.2, 0) is 19.4 Å². The molecule has 0 saturated heterocycles. The maximum atomic E-state index is 14.1. The van der Waals surface area contributed by atoms with Gasteiger partial charge in [-0.3, -0.25) is 4.79 Å². The summed E-state index contributed by atoms with van der Waals surface area (Å²) < 4.78 is 16.2. The van der Waals surface area contributed by atoms with Gasteiger partial charge in [-0.1, -0.05) is 43.7 Å². The molecule has 0 fully saturated rings. The standard InChI is InChI=1S/C24H24FN3O/c1-3-6-21-23(19-11-9-17(15-26)10-12-19)22(24(27)29)16(2)28(21)14-13-18-7-4-5-8-20(18)25/h4-5,7-12H,3,6,13-14H2,1-2H3,(H2,27,29). The number of rotatable bonds is 7. The number of aryl methyl sites for hydroxylation is 1. The van der Waals surface area contributed by atoms with Crippen molar-refractivity contribution >= 4 is 5.91 Å². The third kappa shape index (κ3) is 4.07. The normalized spacial score (nSPS) is 10.7. The third-order valence-electron chi connectivity index (χ3n) is 5.23. The van der Waals surface area contributed by atoms with E-state index in [0.717, 1.165) is 35.4 Å². The van der Waals surface area contributed by atoms with E-state index in [1.165, 1.54) is 6.07 Å². The molecule has 1 aromatic heterocycles. The Morgan fingerprint density at radius 3 is 2.41 bits per heavy atom. The first-order valence-electron chi connectivity index (χ1n) is 9.73. The summed E-state index contributed by atoms with van der Waals surface area (Å²) in [5, 5.41) is 9.07. The highest BCUT2D eigenvalue weighted by Crippen LogP contribution is 2.34. The molecule has 148 valence electrons. The van der Waals surface area contributed by atoms with Crippen molar-refractivity contribution in [2.24, 2.45) is 5.73 Å². The summed E-state index contributed by atoms with van der Waals surface area (Å²) in [6.07, 6.45) is 2.18. The molecule has 4 nitrogen and oxygen atoms in total. The molecule has 0 unspecified atom stereocenters. The monoisotopic (exact) mass is 389 g/mol. The smallest absolute Gasteiger partial charge is 0.251 e. The molecule has 0 bridgehead atoms. The topological polar surface area (TPSA) is 71.8 Å². The van der Waals surface area contributed by atoms with Gasteiger partial charge in [0.25, 0.3) is 5.91 Å². The molecule has 0 aliphatic rings. The van der Waals surface area contributed by atoms with Crippen LogP contribution in [0.5, 0.6) is 0 Å². The van der Waals surface area contributed by atoms with Crippen LogP contribution in [0.3, 0.4) is 0 Å². The van der Waals surface area contributed by atoms with Gasteiger partial charge in [-0.25, -0.2) is 4.39 Å². The summed E-state index contributed by atoms with van der Waals surface area (Å²) in [5.74, 6) is -0.708. The highest BCUT2D eigenvalue weighted by Gasteiger charge is 2.24. The van der Waals surface area contributed by atoms with E-state index in [1.54, 1.807) is 24.3 Å². The Kier molecular flexibility index (Phi) is 6.13. The average molecular weight is 389 g/mol. The molecular weight excluding hydrogens is 365 g/mol. The van der Waals surface area contributed by atoms with Crippen molar-refractivity contribution in [2.45, 2.75) is 39.7 Å². The zero-order valence-corrected chi connectivity index (χ0v) is 16.7. The molecule has 0 atom stereocenters. The molecule has 29 heavy (non-hydrogen) atoms. The lowest BCUT2D eigenvalue weighted by Gasteiger charge is -2.13. The number of carbonyl (C=O) groups excluding carboxylic acids is 1. The number of nitrogens with two attached hydrogens (primary N) is 1. The summed E-state index contributed by atoms with van der Waals surface area (Å²) in [6.45, 7) is 4.52. The molecule has 1 heterocycles. The van der Waals surface area contributed by atoms with Crippen molar-refractivity contribution in [3.05, 3.63) is 82.4 Å². The van der Waals surface area contributed by atoms with Crippen LogP contribution in [0.4, 0.5) is 4.39 Å². The highest BCUT2D eigenvalue weighted by atomic mass is 19.1. The van der Waals surface area contributed by atoms with E-state index < -0.39 is 5.91 Å². The van der Waals surface area contributed by atoms with Crippen molar-refractivity contribution < 1.29 is 9.18 Å². The Hall–Kier alpha value is -3.39. The van der Waals surface area contributed by atoms with E-state index >= 15 is 0 Å². The number of nitrogens with zero attached hydrogens (tertiary/aromatic N) is 2. The summed E-state index contributed by atoms with van der Waals surface area (Å²) in [6, 6.07) is 16.0. The van der Waals surface area contributed by atoms with Gasteiger partial charge in [0.1, 0.15) is 5.82 Å². The van der Waals surface area contributed by atoms with E-state index in [0.29, 0.717) is 29.7 Å². The zero-order chi connectivity index (χ0) is 21.0. The van der Waals surface area contributed by atoms with Gasteiger partial charge in [-0.15, -0.1) is 0 Å². The molecule has 0 aliphatic heterocycles. The number of nitriles is 1. The predicted molar refractivity (Wildman–Crippen MR) is 112 cm³/mol. The fourth-order valence-corrected chi connectivity index (χ4v) is 3.85. The van der Waals surface area contributed by atoms with Crippen LogP contribution in [-0.4, -0.2) is 10.5 Å². The van der Waals surface area contributed by atoms with Gasteiger partial charge in [0, 0.05) is 23.5 Å². The number of primary amides is 1. The summed E-state index contributed by atoms with van der Waals surface area (Å²) in [4.78, 5) is 12.3. The second kappa shape index (κ2) is 8.74. The van der Waals surface area contributed by atoms with Gasteiger partial charge in [0.05, 0.1) is 17.2 Å². The molecule has 0 aliphatic carbocycles. The quantitative estimate of drug-likeness (QED) is 0.632. The van der Waals surface area contributed by atoms with Gasteiger partial charge in [-0.2, -0.15) is 5.26 Å². The van der Waals surface area contributed by atoms with Gasteiger partial charge in [0.2, 0.25) is 0 Å². The van der Waals surface area contributed by atoms with Crippen molar-refractivity contribution in [2.75, 3.05) is 0 Å². The maximum Gasteiger partial charge on any atom is 0.251 e. The number of hydrogen-bond acceptors (Lipinski definition) is 2. The van der Waals surface area contributed by atoms with Crippen LogP contribution in [0.25, 0.3) is 11.1 Å². The summed E-state index contributed by atoms with van der Waals surface area (Å²) >= 11 is 0. The molecule has 1 amide bonds. The van der Waals surface area contributed by atoms with Crippen molar-refractivity contribution in [3.63, 3.8) is 0 Å². The van der Waals surface area contributed by atoms with E-state index in [4.69, 9.17) is 11.0 Å². The molecule has 0 saturated carbocycles. The molecule has 3 rings (SSSR count). The van der Waals surface area contributed by atoms with Crippen LogP contribution < -0.4 is 5.73 Å². The predicted octanol–water partition coefficient (Wildman–Crippen LogP) is 4.77. The first kappa shape index (κ1) is 20.3. The number of carbonyl (C=O) groups is 1. The SMILES string of the molecule is CCCc1c(-c2ccc(C#N)cc2)c(C(N)=O)c(C)n1CCc1ccccc1F. The second-order valence-corrected chi connectivity index (χ2v) is 7.08. The fraction of sp³-hybridized carbons (Fsp3) is 0.250. The van der Waals surface area contributed by atoms with E-state index in [9.17, 15) is 9.18 Å².